The van der Waals surface area contributed by atoms with Crippen LogP contribution < -0.4 is 5.32 Å². The molecular formula is C2H9NO5P2. The lowest BCUT2D eigenvalue weighted by molar-refractivity contribution is 0.356. The van der Waals surface area contributed by atoms with Crippen LogP contribution in [0.15, 0.2) is 0 Å². The summed E-state index contributed by atoms with van der Waals surface area (Å²) in [6.45, 7) is 0. The lowest BCUT2D eigenvalue weighted by atomic mass is 11.2. The maximum atomic E-state index is 10.3. The Morgan fingerprint density at radius 2 is 1.90 bits per heavy atom. The van der Waals surface area contributed by atoms with E-state index in [9.17, 15) is 4.57 Å². The second-order valence-electron chi connectivity index (χ2n) is 1.57. The Kier molecular flexibility index (Phi) is 3.91. The van der Waals surface area contributed by atoms with Gasteiger partial charge in [0.2, 0.25) is 0 Å². The van der Waals surface area contributed by atoms with Gasteiger partial charge in [-0.05, 0) is 7.05 Å². The molecule has 0 saturated carbocycles. The predicted octanol–water partition coefficient (Wildman–Crippen LogP) is -1.04. The fourth-order valence-electron chi connectivity index (χ4n) is 0.418. The molecule has 0 radical (unpaired) electrons. The molecule has 0 aliphatic heterocycles. The first-order valence-electron chi connectivity index (χ1n) is 2.29. The largest absolute Gasteiger partial charge is 0.351 e. The predicted molar refractivity (Wildman–Crippen MR) is 36.2 cm³/mol. The average molecular weight is 189 g/mol. The van der Waals surface area contributed by atoms with Crippen molar-refractivity contribution in [2.24, 2.45) is 0 Å². The first-order chi connectivity index (χ1) is 4.39. The molecule has 0 aromatic carbocycles. The summed E-state index contributed by atoms with van der Waals surface area (Å²) in [6, 6.07) is 0. The van der Waals surface area contributed by atoms with Crippen LogP contribution in [0.1, 0.15) is 0 Å². The summed E-state index contributed by atoms with van der Waals surface area (Å²) in [5.41, 5.74) is -1.54. The van der Waals surface area contributed by atoms with E-state index in [0.717, 1.165) is 0 Å². The van der Waals surface area contributed by atoms with Crippen molar-refractivity contribution in [2.45, 2.75) is 5.52 Å². The van der Waals surface area contributed by atoms with Crippen molar-refractivity contribution in [3.63, 3.8) is 0 Å². The second kappa shape index (κ2) is 3.74. The molecule has 0 aliphatic carbocycles. The van der Waals surface area contributed by atoms with Crippen LogP contribution in [-0.2, 0) is 4.57 Å². The molecule has 0 fully saturated rings. The molecule has 10 heavy (non-hydrogen) atoms. The molecule has 0 heterocycles. The molecule has 0 spiro atoms. The summed E-state index contributed by atoms with van der Waals surface area (Å²) >= 11 is 0. The van der Waals surface area contributed by atoms with E-state index in [4.69, 9.17) is 19.6 Å². The van der Waals surface area contributed by atoms with Crippen molar-refractivity contribution in [3.8, 4) is 0 Å². The van der Waals surface area contributed by atoms with Gasteiger partial charge in [-0.3, -0.25) is 9.88 Å². The zero-order valence-electron chi connectivity index (χ0n) is 5.17. The highest BCUT2D eigenvalue weighted by atomic mass is 31.2. The topological polar surface area (TPSA) is 110 Å². The molecule has 0 saturated heterocycles. The van der Waals surface area contributed by atoms with Crippen molar-refractivity contribution >= 4 is 16.0 Å². The van der Waals surface area contributed by atoms with E-state index in [1.807, 2.05) is 0 Å². The summed E-state index contributed by atoms with van der Waals surface area (Å²) in [4.78, 5) is 33.6. The second-order valence-corrected chi connectivity index (χ2v) is 4.83. The normalized spacial score (nSPS) is 15.8. The zero-order chi connectivity index (χ0) is 8.36. The van der Waals surface area contributed by atoms with Gasteiger partial charge < -0.3 is 19.6 Å². The van der Waals surface area contributed by atoms with Gasteiger partial charge in [-0.1, -0.05) is 0 Å². The van der Waals surface area contributed by atoms with Crippen molar-refractivity contribution in [3.05, 3.63) is 0 Å². The average Bonchev–Trinajstić information content (AvgIpc) is 1.60. The molecule has 1 unspecified atom stereocenters. The highest BCUT2D eigenvalue weighted by molar-refractivity contribution is 7.67. The van der Waals surface area contributed by atoms with E-state index < -0.39 is 21.5 Å². The van der Waals surface area contributed by atoms with E-state index in [0.29, 0.717) is 0 Å². The molecule has 0 amide bonds. The molecule has 0 aromatic heterocycles. The van der Waals surface area contributed by atoms with Gasteiger partial charge in [0, 0.05) is 0 Å². The molecule has 1 atom stereocenters. The Morgan fingerprint density at radius 3 is 1.90 bits per heavy atom. The number of nitrogens with one attached hydrogen (secondary N) is 1. The van der Waals surface area contributed by atoms with E-state index >= 15 is 0 Å². The summed E-state index contributed by atoms with van der Waals surface area (Å²) in [5, 5.41) is 2.11. The van der Waals surface area contributed by atoms with Gasteiger partial charge in [0.1, 0.15) is 0 Å². The lowest BCUT2D eigenvalue weighted by Gasteiger charge is -2.17. The molecule has 0 bridgehead atoms. The third-order valence-corrected chi connectivity index (χ3v) is 3.91. The maximum absolute atomic E-state index is 10.3. The minimum atomic E-state index is -4.41. The van der Waals surface area contributed by atoms with Gasteiger partial charge in [0.15, 0.2) is 13.9 Å². The van der Waals surface area contributed by atoms with Crippen LogP contribution >= 0.6 is 16.0 Å². The molecule has 62 valence electrons. The van der Waals surface area contributed by atoms with Crippen LogP contribution in [0.4, 0.5) is 0 Å². The van der Waals surface area contributed by atoms with Crippen LogP contribution in [0.5, 0.6) is 0 Å². The monoisotopic (exact) mass is 189 g/mol. The zero-order valence-corrected chi connectivity index (χ0v) is 6.96. The van der Waals surface area contributed by atoms with Crippen LogP contribution in [-0.4, -0.2) is 32.1 Å². The Labute approximate surface area is 59.0 Å². The SMILES string of the molecule is CNC(P(O)O)P(=O)(O)O. The fourth-order valence-corrected chi connectivity index (χ4v) is 2.06. The van der Waals surface area contributed by atoms with Crippen LogP contribution in [0.2, 0.25) is 0 Å². The van der Waals surface area contributed by atoms with E-state index in [1.165, 1.54) is 7.05 Å². The summed E-state index contributed by atoms with van der Waals surface area (Å²) < 4.78 is 10.3. The van der Waals surface area contributed by atoms with Gasteiger partial charge in [-0.2, -0.15) is 0 Å². The number of hydrogen-bond donors (Lipinski definition) is 5. The Hall–Kier alpha value is 0.460. The number of hydrogen-bond acceptors (Lipinski definition) is 4. The summed E-state index contributed by atoms with van der Waals surface area (Å²) in [7, 11) is -5.80. The third-order valence-electron chi connectivity index (χ3n) is 0.796. The maximum Gasteiger partial charge on any atom is 0.351 e. The molecule has 0 rings (SSSR count). The smallest absolute Gasteiger partial charge is 0.348 e. The minimum absolute atomic E-state index is 1.24. The number of rotatable bonds is 3. The molecule has 8 heteroatoms. The van der Waals surface area contributed by atoms with Gasteiger partial charge >= 0.3 is 7.60 Å². The molecular weight excluding hydrogens is 180 g/mol. The standard InChI is InChI=1S/C2H9NO5P2/c1-3-2(9(4)5)10(6,7)8/h2-5H,1H3,(H2,6,7,8). The first kappa shape index (κ1) is 10.5. The van der Waals surface area contributed by atoms with Crippen molar-refractivity contribution < 1.29 is 24.1 Å². The van der Waals surface area contributed by atoms with Gasteiger partial charge in [0.05, 0.1) is 0 Å². The van der Waals surface area contributed by atoms with Crippen LogP contribution in [0.25, 0.3) is 0 Å². The summed E-state index contributed by atoms with van der Waals surface area (Å²) in [6.07, 6.45) is 0. The van der Waals surface area contributed by atoms with E-state index in [2.05, 4.69) is 5.32 Å². The highest BCUT2D eigenvalue weighted by Crippen LogP contribution is 2.52. The highest BCUT2D eigenvalue weighted by Gasteiger charge is 2.33. The molecule has 0 aromatic rings. The molecule has 6 nitrogen and oxygen atoms in total. The van der Waals surface area contributed by atoms with Crippen LogP contribution in [0.3, 0.4) is 0 Å². The van der Waals surface area contributed by atoms with Gasteiger partial charge in [0.25, 0.3) is 0 Å². The summed E-state index contributed by atoms with van der Waals surface area (Å²) in [5.74, 6) is 0. The third kappa shape index (κ3) is 3.03. The van der Waals surface area contributed by atoms with Gasteiger partial charge in [-0.25, -0.2) is 0 Å². The van der Waals surface area contributed by atoms with Crippen molar-refractivity contribution in [1.82, 2.24) is 5.32 Å². The lowest BCUT2D eigenvalue weighted by Crippen LogP contribution is -2.22. The molecule has 0 aliphatic rings. The van der Waals surface area contributed by atoms with E-state index in [-0.39, 0.29) is 0 Å². The van der Waals surface area contributed by atoms with Crippen LogP contribution in [0, 0.1) is 0 Å². The van der Waals surface area contributed by atoms with Crippen molar-refractivity contribution in [1.29, 1.82) is 0 Å². The fraction of sp³-hybridized carbons (Fsp3) is 1.00. The van der Waals surface area contributed by atoms with Gasteiger partial charge in [-0.15, -0.1) is 0 Å². The Bertz CT molecular complexity index is 143. The van der Waals surface area contributed by atoms with Crippen molar-refractivity contribution in [2.75, 3.05) is 7.05 Å². The van der Waals surface area contributed by atoms with E-state index in [1.54, 1.807) is 0 Å². The Morgan fingerprint density at radius 1 is 1.50 bits per heavy atom. The first-order valence-corrected chi connectivity index (χ1v) is 5.29. The quantitative estimate of drug-likeness (QED) is 0.363. The minimum Gasteiger partial charge on any atom is -0.348 e. The Balaban J connectivity index is 4.22. The molecule has 5 N–H and O–H groups in total.